The Labute approximate surface area is 147 Å². The minimum atomic E-state index is -0.503. The number of ether oxygens (including phenoxy) is 1. The maximum absolute atomic E-state index is 14.9. The van der Waals surface area contributed by atoms with Crippen molar-refractivity contribution in [1.82, 2.24) is 15.3 Å². The number of carbonyl (C=O) groups is 1. The van der Waals surface area contributed by atoms with Gasteiger partial charge in [0, 0.05) is 37.0 Å². The molecule has 1 saturated heterocycles. The largest absolute Gasteiger partial charge is 0.380 e. The van der Waals surface area contributed by atoms with Gasteiger partial charge < -0.3 is 21.1 Å². The molecule has 2 aromatic rings. The van der Waals surface area contributed by atoms with Crippen LogP contribution in [0.4, 0.5) is 10.2 Å². The van der Waals surface area contributed by atoms with E-state index >= 15 is 0 Å². The van der Waals surface area contributed by atoms with Gasteiger partial charge in [-0.25, -0.2) is 14.4 Å². The monoisotopic (exact) mass is 363 g/mol. The fraction of sp³-hybridized carbons (Fsp3) is 0.438. The van der Waals surface area contributed by atoms with Crippen LogP contribution in [0.1, 0.15) is 27.3 Å². The summed E-state index contributed by atoms with van der Waals surface area (Å²) in [6, 6.07) is -0.369. The Balaban J connectivity index is 1.79. The number of rotatable bonds is 3. The zero-order valence-electron chi connectivity index (χ0n) is 13.6. The topological polar surface area (TPSA) is 102 Å². The van der Waals surface area contributed by atoms with Crippen LogP contribution in [0.5, 0.6) is 0 Å². The SMILES string of the molecule is Cc1ncc(-c2nc(N[C@@H]3CCOC[C@@H]3N)c(F)c3c2C(=O)NC3)s1. The lowest BCUT2D eigenvalue weighted by Crippen LogP contribution is -2.48. The molecular weight excluding hydrogens is 345 g/mol. The van der Waals surface area contributed by atoms with Crippen molar-refractivity contribution in [3.63, 3.8) is 0 Å². The number of carbonyl (C=O) groups excluding carboxylic acids is 1. The zero-order valence-corrected chi connectivity index (χ0v) is 14.5. The quantitative estimate of drug-likeness (QED) is 0.762. The van der Waals surface area contributed by atoms with E-state index in [9.17, 15) is 9.18 Å². The first-order valence-electron chi connectivity index (χ1n) is 8.08. The molecule has 0 aliphatic carbocycles. The molecule has 0 radical (unpaired) electrons. The molecule has 2 aliphatic rings. The summed E-state index contributed by atoms with van der Waals surface area (Å²) < 4.78 is 20.3. The third kappa shape index (κ3) is 2.88. The van der Waals surface area contributed by atoms with Gasteiger partial charge in [-0.1, -0.05) is 0 Å². The van der Waals surface area contributed by atoms with Gasteiger partial charge in [0.25, 0.3) is 5.91 Å². The van der Waals surface area contributed by atoms with Crippen molar-refractivity contribution in [1.29, 1.82) is 0 Å². The van der Waals surface area contributed by atoms with Crippen LogP contribution in [0.2, 0.25) is 0 Å². The highest BCUT2D eigenvalue weighted by molar-refractivity contribution is 7.15. The van der Waals surface area contributed by atoms with E-state index in [2.05, 4.69) is 20.6 Å². The second-order valence-corrected chi connectivity index (χ2v) is 7.42. The summed E-state index contributed by atoms with van der Waals surface area (Å²) >= 11 is 1.42. The fourth-order valence-corrected chi connectivity index (χ4v) is 3.91. The lowest BCUT2D eigenvalue weighted by molar-refractivity contribution is 0.0751. The van der Waals surface area contributed by atoms with Gasteiger partial charge in [0.1, 0.15) is 0 Å². The molecule has 0 unspecified atom stereocenters. The average molecular weight is 363 g/mol. The van der Waals surface area contributed by atoms with E-state index in [1.807, 2.05) is 6.92 Å². The molecule has 9 heteroatoms. The molecule has 0 spiro atoms. The van der Waals surface area contributed by atoms with Crippen LogP contribution < -0.4 is 16.4 Å². The third-order valence-electron chi connectivity index (χ3n) is 4.46. The number of fused-ring (bicyclic) bond motifs is 1. The number of amides is 1. The number of nitrogens with two attached hydrogens (primary N) is 1. The summed E-state index contributed by atoms with van der Waals surface area (Å²) in [7, 11) is 0. The maximum atomic E-state index is 14.9. The lowest BCUT2D eigenvalue weighted by atomic mass is 10.0. The Bertz CT molecular complexity index is 840. The molecule has 4 rings (SSSR count). The number of hydrogen-bond acceptors (Lipinski definition) is 7. The Morgan fingerprint density at radius 2 is 2.36 bits per heavy atom. The predicted molar refractivity (Wildman–Crippen MR) is 92.0 cm³/mol. The van der Waals surface area contributed by atoms with E-state index in [-0.39, 0.29) is 30.4 Å². The lowest BCUT2D eigenvalue weighted by Gasteiger charge is -2.30. The van der Waals surface area contributed by atoms with Gasteiger partial charge in [-0.15, -0.1) is 11.3 Å². The number of nitrogens with one attached hydrogen (secondary N) is 2. The minimum Gasteiger partial charge on any atom is -0.380 e. The maximum Gasteiger partial charge on any atom is 0.254 e. The van der Waals surface area contributed by atoms with Crippen LogP contribution in [0, 0.1) is 12.7 Å². The van der Waals surface area contributed by atoms with Crippen LogP contribution in [0.15, 0.2) is 6.20 Å². The van der Waals surface area contributed by atoms with Crippen LogP contribution >= 0.6 is 11.3 Å². The second-order valence-electron chi connectivity index (χ2n) is 6.18. The van der Waals surface area contributed by atoms with E-state index in [4.69, 9.17) is 10.5 Å². The van der Waals surface area contributed by atoms with Gasteiger partial charge in [-0.2, -0.15) is 0 Å². The Morgan fingerprint density at radius 3 is 3.08 bits per heavy atom. The molecule has 25 heavy (non-hydrogen) atoms. The minimum absolute atomic E-state index is 0.124. The van der Waals surface area contributed by atoms with Gasteiger partial charge in [0.15, 0.2) is 11.6 Å². The van der Waals surface area contributed by atoms with Crippen LogP contribution in [-0.4, -0.2) is 41.2 Å². The number of aromatic nitrogens is 2. The van der Waals surface area contributed by atoms with Crippen molar-refractivity contribution in [2.45, 2.75) is 32.0 Å². The highest BCUT2D eigenvalue weighted by Gasteiger charge is 2.32. The van der Waals surface area contributed by atoms with E-state index in [1.54, 1.807) is 6.20 Å². The van der Waals surface area contributed by atoms with Gasteiger partial charge in [-0.05, 0) is 13.3 Å². The van der Waals surface area contributed by atoms with Crippen LogP contribution in [-0.2, 0) is 11.3 Å². The van der Waals surface area contributed by atoms with Gasteiger partial charge in [0.05, 0.1) is 27.7 Å². The number of hydrogen-bond donors (Lipinski definition) is 3. The molecule has 7 nitrogen and oxygen atoms in total. The van der Waals surface area contributed by atoms with E-state index < -0.39 is 5.82 Å². The zero-order chi connectivity index (χ0) is 17.6. The Morgan fingerprint density at radius 1 is 1.52 bits per heavy atom. The van der Waals surface area contributed by atoms with Crippen molar-refractivity contribution in [2.24, 2.45) is 5.73 Å². The van der Waals surface area contributed by atoms with Gasteiger partial charge >= 0.3 is 0 Å². The summed E-state index contributed by atoms with van der Waals surface area (Å²) in [5.41, 5.74) is 7.14. The summed E-state index contributed by atoms with van der Waals surface area (Å²) in [6.07, 6.45) is 2.33. The second kappa shape index (κ2) is 6.32. The van der Waals surface area contributed by atoms with Crippen LogP contribution in [0.3, 0.4) is 0 Å². The molecule has 132 valence electrons. The first kappa shape index (κ1) is 16.4. The molecular formula is C16H18FN5O2S. The fourth-order valence-electron chi connectivity index (χ4n) is 3.14. The average Bonchev–Trinajstić information content (AvgIpc) is 3.19. The predicted octanol–water partition coefficient (Wildman–Crippen LogP) is 1.42. The summed E-state index contributed by atoms with van der Waals surface area (Å²) in [6.45, 7) is 3.02. The van der Waals surface area contributed by atoms with E-state index in [1.165, 1.54) is 11.3 Å². The van der Waals surface area contributed by atoms with Crippen molar-refractivity contribution in [3.05, 3.63) is 28.1 Å². The summed E-state index contributed by atoms with van der Waals surface area (Å²) in [5.74, 6) is -0.688. The molecule has 4 heterocycles. The normalized spacial score (nSPS) is 22.6. The number of nitrogens with zero attached hydrogens (tertiary/aromatic N) is 2. The molecule has 0 bridgehead atoms. The molecule has 1 fully saturated rings. The van der Waals surface area contributed by atoms with Gasteiger partial charge in [0.2, 0.25) is 0 Å². The smallest absolute Gasteiger partial charge is 0.254 e. The Hall–Kier alpha value is -2.10. The summed E-state index contributed by atoms with van der Waals surface area (Å²) in [4.78, 5) is 21.6. The molecule has 0 saturated carbocycles. The van der Waals surface area contributed by atoms with E-state index in [0.717, 1.165) is 9.88 Å². The number of thiazole rings is 1. The number of anilines is 1. The molecule has 2 aliphatic heterocycles. The molecule has 0 aromatic carbocycles. The third-order valence-corrected chi connectivity index (χ3v) is 5.38. The standard InChI is InChI=1S/C16H18FN5O2S/c1-7-19-5-11(25-7)14-12-8(4-20-16(12)23)13(17)15(22-14)21-10-2-3-24-6-9(10)18/h5,9-10H,2-4,6,18H2,1H3,(H,20,23)(H,21,22)/t9-,10+/m0/s1. The molecule has 2 atom stereocenters. The Kier molecular flexibility index (Phi) is 4.14. The number of aryl methyl sites for hydroxylation is 1. The van der Waals surface area contributed by atoms with Crippen molar-refractivity contribution >= 4 is 23.1 Å². The number of halogens is 1. The highest BCUT2D eigenvalue weighted by atomic mass is 32.1. The first-order chi connectivity index (χ1) is 12.0. The highest BCUT2D eigenvalue weighted by Crippen LogP contribution is 2.35. The summed E-state index contributed by atoms with van der Waals surface area (Å²) in [5, 5.41) is 6.65. The van der Waals surface area contributed by atoms with Crippen molar-refractivity contribution < 1.29 is 13.9 Å². The van der Waals surface area contributed by atoms with Crippen molar-refractivity contribution in [3.8, 4) is 10.6 Å². The van der Waals surface area contributed by atoms with Gasteiger partial charge in [-0.3, -0.25) is 4.79 Å². The first-order valence-corrected chi connectivity index (χ1v) is 8.89. The number of pyridine rings is 1. The molecule has 2 aromatic heterocycles. The van der Waals surface area contributed by atoms with Crippen molar-refractivity contribution in [2.75, 3.05) is 18.5 Å². The van der Waals surface area contributed by atoms with Crippen LogP contribution in [0.25, 0.3) is 10.6 Å². The molecule has 1 amide bonds. The molecule has 4 N–H and O–H groups in total. The van der Waals surface area contributed by atoms with E-state index in [0.29, 0.717) is 36.5 Å².